The van der Waals surface area contributed by atoms with Crippen LogP contribution in [0.5, 0.6) is 0 Å². The van der Waals surface area contributed by atoms with Crippen molar-refractivity contribution in [2.75, 3.05) is 32.9 Å². The largest absolute Gasteiger partial charge is 0.406 e. The Kier molecular flexibility index (Phi) is 7.07. The molecule has 0 rings (SSSR count). The third kappa shape index (κ3) is 7.47. The molecule has 96 valence electrons. The Hall–Kier alpha value is -0.820. The summed E-state index contributed by atoms with van der Waals surface area (Å²) < 4.78 is 41.1. The van der Waals surface area contributed by atoms with E-state index >= 15 is 0 Å². The smallest absolute Gasteiger partial charge is 0.395 e. The molecule has 0 aromatic carbocycles. The van der Waals surface area contributed by atoms with E-state index in [1.54, 1.807) is 6.92 Å². The zero-order chi connectivity index (χ0) is 12.6. The Morgan fingerprint density at radius 1 is 1.44 bits per heavy atom. The predicted octanol–water partition coefficient (Wildman–Crippen LogP) is 0.796. The van der Waals surface area contributed by atoms with E-state index in [2.05, 4.69) is 0 Å². The summed E-state index contributed by atoms with van der Waals surface area (Å²) in [6.07, 6.45) is -4.56. The summed E-state index contributed by atoms with van der Waals surface area (Å²) in [5.74, 6) is -0.667. The van der Waals surface area contributed by atoms with Crippen LogP contribution in [0.15, 0.2) is 0 Å². The third-order valence-electron chi connectivity index (χ3n) is 1.76. The number of aliphatic hydroxyl groups is 1. The number of alkyl halides is 3. The number of amides is 1. The Bertz CT molecular complexity index is 209. The van der Waals surface area contributed by atoms with E-state index < -0.39 is 25.2 Å². The molecule has 0 radical (unpaired) electrons. The summed E-state index contributed by atoms with van der Waals surface area (Å²) >= 11 is 0. The minimum atomic E-state index is -4.45. The Morgan fingerprint density at radius 2 is 2.06 bits per heavy atom. The van der Waals surface area contributed by atoms with E-state index in [0.717, 1.165) is 0 Å². The van der Waals surface area contributed by atoms with Gasteiger partial charge in [0.2, 0.25) is 5.91 Å². The second kappa shape index (κ2) is 7.45. The fourth-order valence-corrected chi connectivity index (χ4v) is 1.09. The maximum absolute atomic E-state index is 12.1. The number of aliphatic hydroxyl groups excluding tert-OH is 1. The molecule has 0 atom stereocenters. The van der Waals surface area contributed by atoms with Gasteiger partial charge in [-0.1, -0.05) is 0 Å². The summed E-state index contributed by atoms with van der Waals surface area (Å²) in [6.45, 7) is 0.0901. The molecule has 7 heteroatoms. The number of carbonyl (C=O) groups excluding carboxylic acids is 1. The zero-order valence-electron chi connectivity index (χ0n) is 9.09. The van der Waals surface area contributed by atoms with Crippen LogP contribution in [0.25, 0.3) is 0 Å². The molecular formula is C9H16F3NO3. The average Bonchev–Trinajstić information content (AvgIpc) is 2.15. The third-order valence-corrected chi connectivity index (χ3v) is 1.76. The zero-order valence-corrected chi connectivity index (χ0v) is 9.09. The van der Waals surface area contributed by atoms with Gasteiger partial charge >= 0.3 is 6.18 Å². The van der Waals surface area contributed by atoms with Crippen molar-refractivity contribution in [3.63, 3.8) is 0 Å². The lowest BCUT2D eigenvalue weighted by Crippen LogP contribution is -2.41. The summed E-state index contributed by atoms with van der Waals surface area (Å²) in [6, 6.07) is 0. The first-order valence-electron chi connectivity index (χ1n) is 4.93. The average molecular weight is 243 g/mol. The van der Waals surface area contributed by atoms with Crippen LogP contribution in [0, 0.1) is 0 Å². The van der Waals surface area contributed by atoms with E-state index in [-0.39, 0.29) is 19.6 Å². The van der Waals surface area contributed by atoms with Crippen molar-refractivity contribution in [2.45, 2.75) is 19.5 Å². The van der Waals surface area contributed by atoms with Gasteiger partial charge < -0.3 is 14.7 Å². The molecule has 1 N–H and O–H groups in total. The van der Waals surface area contributed by atoms with Gasteiger partial charge in [0.1, 0.15) is 6.54 Å². The molecule has 16 heavy (non-hydrogen) atoms. The van der Waals surface area contributed by atoms with Crippen molar-refractivity contribution < 1.29 is 27.8 Å². The second-order valence-electron chi connectivity index (χ2n) is 3.10. The molecule has 4 nitrogen and oxygen atoms in total. The molecule has 0 heterocycles. The van der Waals surface area contributed by atoms with Gasteiger partial charge in [-0.25, -0.2) is 0 Å². The van der Waals surface area contributed by atoms with E-state index in [1.807, 2.05) is 0 Å². The maximum Gasteiger partial charge on any atom is 0.406 e. The number of hydrogen-bond donors (Lipinski definition) is 1. The molecule has 0 aliphatic heterocycles. The van der Waals surface area contributed by atoms with Gasteiger partial charge in [-0.15, -0.1) is 0 Å². The highest BCUT2D eigenvalue weighted by Crippen LogP contribution is 2.16. The molecule has 0 aliphatic rings. The SMILES string of the molecule is CCOCCC(=O)N(CCO)CC(F)(F)F. The lowest BCUT2D eigenvalue weighted by atomic mass is 10.3. The van der Waals surface area contributed by atoms with Gasteiger partial charge in [0.15, 0.2) is 0 Å². The predicted molar refractivity (Wildman–Crippen MR) is 50.8 cm³/mol. The Labute approximate surface area is 92.0 Å². The number of hydrogen-bond acceptors (Lipinski definition) is 3. The molecule has 0 fully saturated rings. The van der Waals surface area contributed by atoms with E-state index in [4.69, 9.17) is 9.84 Å². The van der Waals surface area contributed by atoms with Crippen molar-refractivity contribution >= 4 is 5.91 Å². The minimum Gasteiger partial charge on any atom is -0.395 e. The number of halogens is 3. The van der Waals surface area contributed by atoms with Crippen LogP contribution in [-0.4, -0.2) is 55.0 Å². The van der Waals surface area contributed by atoms with Crippen molar-refractivity contribution in [3.05, 3.63) is 0 Å². The van der Waals surface area contributed by atoms with Gasteiger partial charge in [-0.05, 0) is 6.92 Å². The lowest BCUT2D eigenvalue weighted by molar-refractivity contribution is -0.162. The van der Waals surface area contributed by atoms with Crippen LogP contribution in [0.3, 0.4) is 0 Å². The molecule has 0 unspecified atom stereocenters. The highest BCUT2D eigenvalue weighted by molar-refractivity contribution is 5.76. The first-order chi connectivity index (χ1) is 7.40. The second-order valence-corrected chi connectivity index (χ2v) is 3.10. The maximum atomic E-state index is 12.1. The van der Waals surface area contributed by atoms with Crippen LogP contribution in [0.4, 0.5) is 13.2 Å². The Balaban J connectivity index is 4.13. The monoisotopic (exact) mass is 243 g/mol. The fourth-order valence-electron chi connectivity index (χ4n) is 1.09. The van der Waals surface area contributed by atoms with Crippen molar-refractivity contribution in [1.82, 2.24) is 4.90 Å². The normalized spacial score (nSPS) is 11.6. The topological polar surface area (TPSA) is 49.8 Å². The summed E-state index contributed by atoms with van der Waals surface area (Å²) in [7, 11) is 0. The van der Waals surface area contributed by atoms with E-state index in [0.29, 0.717) is 11.5 Å². The van der Waals surface area contributed by atoms with Gasteiger partial charge in [0.05, 0.1) is 19.6 Å². The van der Waals surface area contributed by atoms with Crippen molar-refractivity contribution in [1.29, 1.82) is 0 Å². The molecule has 0 saturated heterocycles. The fraction of sp³-hybridized carbons (Fsp3) is 0.889. The number of nitrogens with zero attached hydrogens (tertiary/aromatic N) is 1. The van der Waals surface area contributed by atoms with Crippen molar-refractivity contribution in [3.8, 4) is 0 Å². The van der Waals surface area contributed by atoms with Gasteiger partial charge in [0.25, 0.3) is 0 Å². The van der Waals surface area contributed by atoms with Crippen molar-refractivity contribution in [2.24, 2.45) is 0 Å². The lowest BCUT2D eigenvalue weighted by Gasteiger charge is -2.23. The van der Waals surface area contributed by atoms with Crippen LogP contribution in [0.1, 0.15) is 13.3 Å². The summed E-state index contributed by atoms with van der Waals surface area (Å²) in [4.78, 5) is 11.9. The molecule has 0 aromatic heterocycles. The molecule has 0 saturated carbocycles. The van der Waals surface area contributed by atoms with Crippen LogP contribution >= 0.6 is 0 Å². The van der Waals surface area contributed by atoms with Gasteiger partial charge in [-0.3, -0.25) is 4.79 Å². The summed E-state index contributed by atoms with van der Waals surface area (Å²) in [5.41, 5.74) is 0. The number of rotatable bonds is 7. The molecule has 0 spiro atoms. The Morgan fingerprint density at radius 3 is 2.50 bits per heavy atom. The molecular weight excluding hydrogens is 227 g/mol. The van der Waals surface area contributed by atoms with E-state index in [1.165, 1.54) is 0 Å². The number of carbonyl (C=O) groups is 1. The quantitative estimate of drug-likeness (QED) is 0.673. The van der Waals surface area contributed by atoms with Gasteiger partial charge in [0, 0.05) is 13.2 Å². The van der Waals surface area contributed by atoms with Crippen LogP contribution < -0.4 is 0 Å². The number of ether oxygens (including phenoxy) is 1. The van der Waals surface area contributed by atoms with Crippen LogP contribution in [-0.2, 0) is 9.53 Å². The van der Waals surface area contributed by atoms with Gasteiger partial charge in [-0.2, -0.15) is 13.2 Å². The first kappa shape index (κ1) is 15.2. The minimum absolute atomic E-state index is 0.0924. The van der Waals surface area contributed by atoms with Crippen LogP contribution in [0.2, 0.25) is 0 Å². The summed E-state index contributed by atoms with van der Waals surface area (Å²) in [5, 5.41) is 8.56. The molecule has 0 aliphatic carbocycles. The highest BCUT2D eigenvalue weighted by Gasteiger charge is 2.32. The first-order valence-corrected chi connectivity index (χ1v) is 4.93. The standard InChI is InChI=1S/C9H16F3NO3/c1-2-16-6-3-8(15)13(4-5-14)7-9(10,11)12/h14H,2-7H2,1H3. The molecule has 1 amide bonds. The highest BCUT2D eigenvalue weighted by atomic mass is 19.4. The molecule has 0 aromatic rings. The van der Waals surface area contributed by atoms with E-state index in [9.17, 15) is 18.0 Å². The molecule has 0 bridgehead atoms.